The summed E-state index contributed by atoms with van der Waals surface area (Å²) >= 11 is 0. The molecule has 0 aliphatic carbocycles. The van der Waals surface area contributed by atoms with E-state index in [9.17, 15) is 9.59 Å². The van der Waals surface area contributed by atoms with Crippen LogP contribution in [0.25, 0.3) is 0 Å². The number of rotatable bonds is 3. The smallest absolute Gasteiger partial charge is 0.410 e. The summed E-state index contributed by atoms with van der Waals surface area (Å²) in [6, 6.07) is 9.95. The van der Waals surface area contributed by atoms with E-state index >= 15 is 0 Å². The number of hydrogen-bond acceptors (Lipinski definition) is 4. The number of carbonyl (C=O) groups is 2. The van der Waals surface area contributed by atoms with Gasteiger partial charge in [0.15, 0.2) is 0 Å². The number of likely N-dealkylation sites (tertiary alicyclic amines) is 1. The number of hydrogen-bond donors (Lipinski definition) is 0. The van der Waals surface area contributed by atoms with Crippen LogP contribution >= 0.6 is 0 Å². The molecule has 0 radical (unpaired) electrons. The maximum absolute atomic E-state index is 12.8. The van der Waals surface area contributed by atoms with Crippen LogP contribution in [0.4, 0.5) is 4.79 Å². The van der Waals surface area contributed by atoms with E-state index in [0.29, 0.717) is 19.5 Å². The molecule has 25 heavy (non-hydrogen) atoms. The molecule has 0 N–H and O–H groups in total. The first kappa shape index (κ1) is 19.2. The van der Waals surface area contributed by atoms with E-state index in [-0.39, 0.29) is 23.8 Å². The van der Waals surface area contributed by atoms with Crippen LogP contribution < -0.4 is 0 Å². The van der Waals surface area contributed by atoms with Crippen molar-refractivity contribution in [2.45, 2.75) is 38.7 Å². The summed E-state index contributed by atoms with van der Waals surface area (Å²) in [6.45, 7) is 6.39. The number of hydroxylamine groups is 2. The van der Waals surface area contributed by atoms with Gasteiger partial charge in [0.1, 0.15) is 5.60 Å². The Morgan fingerprint density at radius 2 is 1.84 bits per heavy atom. The molecular formula is C19H28N2O4. The van der Waals surface area contributed by atoms with Crippen LogP contribution in [0.2, 0.25) is 0 Å². The Morgan fingerprint density at radius 3 is 2.40 bits per heavy atom. The normalized spacial score (nSPS) is 20.9. The average molecular weight is 348 g/mol. The maximum atomic E-state index is 12.8. The zero-order chi connectivity index (χ0) is 18.6. The fourth-order valence-electron chi connectivity index (χ4n) is 3.12. The highest BCUT2D eigenvalue weighted by Crippen LogP contribution is 2.34. The van der Waals surface area contributed by atoms with E-state index in [2.05, 4.69) is 0 Å². The highest BCUT2D eigenvalue weighted by molar-refractivity contribution is 5.80. The molecule has 1 heterocycles. The summed E-state index contributed by atoms with van der Waals surface area (Å²) < 4.78 is 5.46. The second kappa shape index (κ2) is 7.87. The molecule has 1 saturated heterocycles. The summed E-state index contributed by atoms with van der Waals surface area (Å²) in [5, 5.41) is 1.24. The summed E-state index contributed by atoms with van der Waals surface area (Å²) in [4.78, 5) is 31.9. The van der Waals surface area contributed by atoms with Gasteiger partial charge in [-0.25, -0.2) is 9.86 Å². The Hall–Kier alpha value is -2.08. The summed E-state index contributed by atoms with van der Waals surface area (Å²) in [7, 11) is 3.06. The van der Waals surface area contributed by atoms with Gasteiger partial charge in [-0.3, -0.25) is 9.63 Å². The van der Waals surface area contributed by atoms with Crippen LogP contribution in [0, 0.1) is 5.92 Å². The molecule has 2 rings (SSSR count). The largest absolute Gasteiger partial charge is 0.444 e. The van der Waals surface area contributed by atoms with Crippen molar-refractivity contribution in [1.82, 2.24) is 9.96 Å². The predicted octanol–water partition coefficient (Wildman–Crippen LogP) is 3.05. The third-order valence-electron chi connectivity index (χ3n) is 4.39. The highest BCUT2D eigenvalue weighted by atomic mass is 16.7. The van der Waals surface area contributed by atoms with Gasteiger partial charge in [-0.1, -0.05) is 30.3 Å². The van der Waals surface area contributed by atoms with Gasteiger partial charge >= 0.3 is 6.09 Å². The van der Waals surface area contributed by atoms with Crippen molar-refractivity contribution < 1.29 is 19.2 Å². The molecule has 2 atom stereocenters. The molecule has 2 unspecified atom stereocenters. The highest BCUT2D eigenvalue weighted by Gasteiger charge is 2.39. The van der Waals surface area contributed by atoms with E-state index in [1.807, 2.05) is 51.1 Å². The van der Waals surface area contributed by atoms with E-state index in [1.165, 1.54) is 12.2 Å². The first-order chi connectivity index (χ1) is 11.7. The fourth-order valence-corrected chi connectivity index (χ4v) is 3.12. The van der Waals surface area contributed by atoms with E-state index in [1.54, 1.807) is 11.9 Å². The third-order valence-corrected chi connectivity index (χ3v) is 4.39. The van der Waals surface area contributed by atoms with Gasteiger partial charge in [0.05, 0.1) is 13.0 Å². The second-order valence-corrected chi connectivity index (χ2v) is 7.36. The molecule has 0 aromatic heterocycles. The van der Waals surface area contributed by atoms with Crippen LogP contribution in [0.5, 0.6) is 0 Å². The van der Waals surface area contributed by atoms with Gasteiger partial charge in [-0.05, 0) is 38.7 Å². The lowest BCUT2D eigenvalue weighted by molar-refractivity contribution is -0.175. The molecule has 0 bridgehead atoms. The minimum absolute atomic E-state index is 0.0463. The zero-order valence-corrected chi connectivity index (χ0v) is 15.7. The summed E-state index contributed by atoms with van der Waals surface area (Å²) in [6.07, 6.45) is 0.328. The first-order valence-corrected chi connectivity index (χ1v) is 8.57. The molecule has 1 aliphatic heterocycles. The van der Waals surface area contributed by atoms with Crippen LogP contribution in [-0.2, 0) is 14.4 Å². The molecule has 1 fully saturated rings. The monoisotopic (exact) mass is 348 g/mol. The van der Waals surface area contributed by atoms with Crippen molar-refractivity contribution >= 4 is 12.0 Å². The molecule has 6 heteroatoms. The van der Waals surface area contributed by atoms with E-state index in [4.69, 9.17) is 9.57 Å². The molecule has 1 aromatic carbocycles. The fraction of sp³-hybridized carbons (Fsp3) is 0.579. The van der Waals surface area contributed by atoms with Gasteiger partial charge in [0.25, 0.3) is 5.91 Å². The first-order valence-electron chi connectivity index (χ1n) is 8.57. The predicted molar refractivity (Wildman–Crippen MR) is 94.9 cm³/mol. The van der Waals surface area contributed by atoms with Crippen molar-refractivity contribution in [1.29, 1.82) is 0 Å². The van der Waals surface area contributed by atoms with E-state index < -0.39 is 5.60 Å². The quantitative estimate of drug-likeness (QED) is 0.788. The van der Waals surface area contributed by atoms with Gasteiger partial charge < -0.3 is 9.64 Å². The number of nitrogens with zero attached hydrogens (tertiary/aromatic N) is 2. The van der Waals surface area contributed by atoms with Crippen LogP contribution in [-0.4, -0.2) is 54.8 Å². The molecule has 138 valence electrons. The molecule has 0 spiro atoms. The van der Waals surface area contributed by atoms with Crippen LogP contribution in [0.1, 0.15) is 38.7 Å². The molecule has 2 amide bonds. The Bertz CT molecular complexity index is 597. The minimum atomic E-state index is -0.559. The van der Waals surface area contributed by atoms with Crippen molar-refractivity contribution in [3.05, 3.63) is 35.9 Å². The van der Waals surface area contributed by atoms with Gasteiger partial charge in [-0.15, -0.1) is 0 Å². The van der Waals surface area contributed by atoms with Crippen molar-refractivity contribution in [3.63, 3.8) is 0 Å². The number of piperidine rings is 1. The van der Waals surface area contributed by atoms with Crippen LogP contribution in [0.15, 0.2) is 30.3 Å². The SMILES string of the molecule is CON(C)C(=O)C1CN(C(=O)OC(C)(C)C)CCC1c1ccccc1. The lowest BCUT2D eigenvalue weighted by Gasteiger charge is -2.39. The van der Waals surface area contributed by atoms with Crippen LogP contribution in [0.3, 0.4) is 0 Å². The molecule has 6 nitrogen and oxygen atoms in total. The lowest BCUT2D eigenvalue weighted by atomic mass is 9.80. The number of amides is 2. The molecular weight excluding hydrogens is 320 g/mol. The minimum Gasteiger partial charge on any atom is -0.444 e. The maximum Gasteiger partial charge on any atom is 0.410 e. The molecule has 1 aliphatic rings. The Labute approximate surface area is 149 Å². The van der Waals surface area contributed by atoms with Crippen molar-refractivity contribution in [3.8, 4) is 0 Å². The molecule has 0 saturated carbocycles. The van der Waals surface area contributed by atoms with Crippen molar-refractivity contribution in [2.24, 2.45) is 5.92 Å². The standard InChI is InChI=1S/C19H28N2O4/c1-19(2,3)25-18(23)21-12-11-15(14-9-7-6-8-10-14)16(13-21)17(22)20(4)24-5/h6-10,15-16H,11-13H2,1-5H3. The average Bonchev–Trinajstić information content (AvgIpc) is 2.59. The third kappa shape index (κ3) is 4.95. The number of carbonyl (C=O) groups excluding carboxylic acids is 2. The zero-order valence-electron chi connectivity index (χ0n) is 15.7. The van der Waals surface area contributed by atoms with Gasteiger partial charge in [-0.2, -0.15) is 0 Å². The molecule has 1 aromatic rings. The second-order valence-electron chi connectivity index (χ2n) is 7.36. The topological polar surface area (TPSA) is 59.1 Å². The Morgan fingerprint density at radius 1 is 1.20 bits per heavy atom. The number of benzene rings is 1. The number of ether oxygens (including phenoxy) is 1. The Balaban J connectivity index is 2.21. The van der Waals surface area contributed by atoms with Gasteiger partial charge in [0.2, 0.25) is 0 Å². The van der Waals surface area contributed by atoms with Crippen molar-refractivity contribution in [2.75, 3.05) is 27.2 Å². The van der Waals surface area contributed by atoms with Gasteiger partial charge in [0, 0.05) is 20.1 Å². The Kier molecular flexibility index (Phi) is 6.06. The van der Waals surface area contributed by atoms with E-state index in [0.717, 1.165) is 5.56 Å². The lowest BCUT2D eigenvalue weighted by Crippen LogP contribution is -2.50. The summed E-state index contributed by atoms with van der Waals surface area (Å²) in [5.74, 6) is -0.455. The summed E-state index contributed by atoms with van der Waals surface area (Å²) in [5.41, 5.74) is 0.546.